The van der Waals surface area contributed by atoms with Crippen LogP contribution in [0.15, 0.2) is 42.5 Å². The van der Waals surface area contributed by atoms with Crippen LogP contribution in [0.3, 0.4) is 0 Å². The van der Waals surface area contributed by atoms with Gasteiger partial charge in [-0.15, -0.1) is 0 Å². The van der Waals surface area contributed by atoms with Crippen molar-refractivity contribution >= 4 is 11.6 Å². The lowest BCUT2D eigenvalue weighted by Gasteiger charge is -2.26. The third-order valence-corrected chi connectivity index (χ3v) is 4.14. The van der Waals surface area contributed by atoms with Crippen LogP contribution in [0.25, 0.3) is 0 Å². The third-order valence-electron chi connectivity index (χ3n) is 4.14. The van der Waals surface area contributed by atoms with Gasteiger partial charge in [0.2, 0.25) is 0 Å². The first-order valence-corrected chi connectivity index (χ1v) is 7.52. The van der Waals surface area contributed by atoms with E-state index in [-0.39, 0.29) is 17.3 Å². The first-order chi connectivity index (χ1) is 11.4. The minimum absolute atomic E-state index is 0.0873. The summed E-state index contributed by atoms with van der Waals surface area (Å²) < 4.78 is 5.34. The van der Waals surface area contributed by atoms with E-state index in [0.717, 1.165) is 5.56 Å². The number of nitro groups is 1. The predicted octanol–water partition coefficient (Wildman–Crippen LogP) is 3.75. The predicted molar refractivity (Wildman–Crippen MR) is 91.3 cm³/mol. The number of amides is 1. The number of hydrogen-bond donors (Lipinski definition) is 0. The number of nitrogens with zero attached hydrogens (tertiary/aromatic N) is 2. The normalized spacial score (nSPS) is 11.7. The summed E-state index contributed by atoms with van der Waals surface area (Å²) in [6, 6.07) is 11.9. The summed E-state index contributed by atoms with van der Waals surface area (Å²) in [5, 5.41) is 11.3. The summed E-state index contributed by atoms with van der Waals surface area (Å²) in [4.78, 5) is 25.1. The molecule has 1 unspecified atom stereocenters. The molecule has 0 aliphatic heterocycles. The highest BCUT2D eigenvalue weighted by Crippen LogP contribution is 2.31. The van der Waals surface area contributed by atoms with Crippen LogP contribution in [0.5, 0.6) is 5.75 Å². The molecule has 0 aliphatic rings. The average Bonchev–Trinajstić information content (AvgIpc) is 2.59. The Balaban J connectivity index is 2.40. The van der Waals surface area contributed by atoms with Crippen molar-refractivity contribution in [2.45, 2.75) is 19.9 Å². The van der Waals surface area contributed by atoms with Gasteiger partial charge in [0, 0.05) is 18.2 Å². The van der Waals surface area contributed by atoms with Crippen LogP contribution < -0.4 is 4.74 Å². The van der Waals surface area contributed by atoms with Crippen molar-refractivity contribution in [2.24, 2.45) is 0 Å². The van der Waals surface area contributed by atoms with Crippen molar-refractivity contribution < 1.29 is 14.5 Å². The molecule has 0 saturated carbocycles. The summed E-state index contributed by atoms with van der Waals surface area (Å²) >= 11 is 0. The van der Waals surface area contributed by atoms with Crippen molar-refractivity contribution in [3.8, 4) is 5.75 Å². The molecule has 6 heteroatoms. The second kappa shape index (κ2) is 7.12. The first kappa shape index (κ1) is 17.5. The van der Waals surface area contributed by atoms with Gasteiger partial charge in [-0.2, -0.15) is 0 Å². The number of carbonyl (C=O) groups excluding carboxylic acids is 1. The Morgan fingerprint density at radius 1 is 1.21 bits per heavy atom. The molecule has 126 valence electrons. The molecule has 0 saturated heterocycles. The van der Waals surface area contributed by atoms with Gasteiger partial charge in [0.25, 0.3) is 11.6 Å². The van der Waals surface area contributed by atoms with Crippen LogP contribution in [-0.2, 0) is 0 Å². The summed E-state index contributed by atoms with van der Waals surface area (Å²) in [5.41, 5.74) is 1.24. The highest BCUT2D eigenvalue weighted by molar-refractivity contribution is 5.98. The van der Waals surface area contributed by atoms with Gasteiger partial charge in [-0.3, -0.25) is 14.9 Å². The fourth-order valence-electron chi connectivity index (χ4n) is 2.66. The van der Waals surface area contributed by atoms with E-state index in [2.05, 4.69) is 0 Å². The molecule has 1 amide bonds. The number of para-hydroxylation sites is 2. The Labute approximate surface area is 140 Å². The number of carbonyl (C=O) groups is 1. The van der Waals surface area contributed by atoms with Gasteiger partial charge in [-0.05, 0) is 26.0 Å². The molecular formula is C18H20N2O4. The van der Waals surface area contributed by atoms with Crippen molar-refractivity contribution in [2.75, 3.05) is 14.2 Å². The summed E-state index contributed by atoms with van der Waals surface area (Å²) in [5.74, 6) is 0.271. The Morgan fingerprint density at radius 3 is 2.50 bits per heavy atom. The van der Waals surface area contributed by atoms with E-state index in [1.165, 1.54) is 11.0 Å². The molecule has 0 spiro atoms. The zero-order valence-corrected chi connectivity index (χ0v) is 14.1. The number of ether oxygens (including phenoxy) is 1. The summed E-state index contributed by atoms with van der Waals surface area (Å²) in [6.45, 7) is 3.48. The lowest BCUT2D eigenvalue weighted by Crippen LogP contribution is -2.30. The molecule has 0 radical (unpaired) electrons. The Bertz CT molecular complexity index is 773. The maximum atomic E-state index is 12.8. The lowest BCUT2D eigenvalue weighted by atomic mass is 10.0. The van der Waals surface area contributed by atoms with E-state index in [4.69, 9.17) is 4.74 Å². The number of nitro benzene ring substituents is 1. The van der Waals surface area contributed by atoms with Gasteiger partial charge in [0.1, 0.15) is 11.3 Å². The molecular weight excluding hydrogens is 308 g/mol. The summed E-state index contributed by atoms with van der Waals surface area (Å²) in [6.07, 6.45) is 0. The quantitative estimate of drug-likeness (QED) is 0.619. The van der Waals surface area contributed by atoms with Crippen LogP contribution in [0.4, 0.5) is 5.69 Å². The van der Waals surface area contributed by atoms with Crippen LogP contribution in [0.2, 0.25) is 0 Å². The molecule has 2 aromatic carbocycles. The maximum Gasteiger partial charge on any atom is 0.285 e. The lowest BCUT2D eigenvalue weighted by molar-refractivity contribution is -0.385. The second-order valence-electron chi connectivity index (χ2n) is 5.56. The maximum absolute atomic E-state index is 12.8. The molecule has 0 N–H and O–H groups in total. The molecule has 1 atom stereocenters. The zero-order valence-electron chi connectivity index (χ0n) is 14.1. The van der Waals surface area contributed by atoms with Gasteiger partial charge in [-0.1, -0.05) is 30.3 Å². The van der Waals surface area contributed by atoms with Crippen molar-refractivity contribution in [3.05, 3.63) is 69.3 Å². The smallest absolute Gasteiger partial charge is 0.285 e. The van der Waals surface area contributed by atoms with E-state index in [9.17, 15) is 14.9 Å². The summed E-state index contributed by atoms with van der Waals surface area (Å²) in [7, 11) is 3.20. The van der Waals surface area contributed by atoms with Crippen LogP contribution >= 0.6 is 0 Å². The van der Waals surface area contributed by atoms with Crippen molar-refractivity contribution in [1.29, 1.82) is 0 Å². The van der Waals surface area contributed by atoms with Crippen molar-refractivity contribution in [1.82, 2.24) is 4.90 Å². The van der Waals surface area contributed by atoms with E-state index in [1.807, 2.05) is 31.2 Å². The highest BCUT2D eigenvalue weighted by Gasteiger charge is 2.28. The van der Waals surface area contributed by atoms with Gasteiger partial charge in [-0.25, -0.2) is 0 Å². The van der Waals surface area contributed by atoms with Crippen LogP contribution in [0.1, 0.15) is 34.5 Å². The number of rotatable bonds is 5. The van der Waals surface area contributed by atoms with Crippen LogP contribution in [-0.4, -0.2) is 29.9 Å². The standard InChI is InChI=1S/C18H20N2O4/c1-12-8-7-10-15(17(12)20(22)23)18(21)19(3)13(2)14-9-5-6-11-16(14)24-4/h5-11,13H,1-4H3. The molecule has 0 bridgehead atoms. The molecule has 24 heavy (non-hydrogen) atoms. The van der Waals surface area contributed by atoms with Gasteiger partial charge < -0.3 is 9.64 Å². The van der Waals surface area contributed by atoms with E-state index in [1.54, 1.807) is 33.2 Å². The first-order valence-electron chi connectivity index (χ1n) is 7.52. The minimum atomic E-state index is -0.510. The van der Waals surface area contributed by atoms with Crippen LogP contribution in [0, 0.1) is 17.0 Å². The highest BCUT2D eigenvalue weighted by atomic mass is 16.6. The number of methoxy groups -OCH3 is 1. The average molecular weight is 328 g/mol. The fourth-order valence-corrected chi connectivity index (χ4v) is 2.66. The molecule has 2 aromatic rings. The number of hydrogen-bond acceptors (Lipinski definition) is 4. The SMILES string of the molecule is COc1ccccc1C(C)N(C)C(=O)c1cccc(C)c1[N+](=O)[O-]. The molecule has 0 fully saturated rings. The van der Waals surface area contributed by atoms with Crippen molar-refractivity contribution in [3.63, 3.8) is 0 Å². The zero-order chi connectivity index (χ0) is 17.9. The van der Waals surface area contributed by atoms with E-state index < -0.39 is 10.8 Å². The van der Waals surface area contributed by atoms with E-state index >= 15 is 0 Å². The van der Waals surface area contributed by atoms with Gasteiger partial charge in [0.05, 0.1) is 18.1 Å². The molecule has 0 aliphatic carbocycles. The minimum Gasteiger partial charge on any atom is -0.496 e. The molecule has 0 heterocycles. The van der Waals surface area contributed by atoms with Gasteiger partial charge >= 0.3 is 0 Å². The van der Waals surface area contributed by atoms with E-state index in [0.29, 0.717) is 11.3 Å². The number of benzene rings is 2. The topological polar surface area (TPSA) is 72.7 Å². The Kier molecular flexibility index (Phi) is 5.18. The molecule has 2 rings (SSSR count). The second-order valence-corrected chi connectivity index (χ2v) is 5.56. The third kappa shape index (κ3) is 3.22. The number of aryl methyl sites for hydroxylation is 1. The Morgan fingerprint density at radius 2 is 1.88 bits per heavy atom. The fraction of sp³-hybridized carbons (Fsp3) is 0.278. The molecule has 6 nitrogen and oxygen atoms in total. The van der Waals surface area contributed by atoms with Gasteiger partial charge in [0.15, 0.2) is 0 Å². The molecule has 0 aromatic heterocycles. The largest absolute Gasteiger partial charge is 0.496 e. The monoisotopic (exact) mass is 328 g/mol. The Hall–Kier alpha value is -2.89.